The molecule has 2 aliphatic rings. The summed E-state index contributed by atoms with van der Waals surface area (Å²) in [4.78, 5) is 12.1. The van der Waals surface area contributed by atoms with E-state index in [0.717, 1.165) is 30.6 Å². The summed E-state index contributed by atoms with van der Waals surface area (Å²) in [6.45, 7) is 1.05. The van der Waals surface area contributed by atoms with Crippen LogP contribution < -0.4 is 15.8 Å². The fourth-order valence-electron chi connectivity index (χ4n) is 2.71. The van der Waals surface area contributed by atoms with E-state index in [1.54, 1.807) is 0 Å². The van der Waals surface area contributed by atoms with Crippen molar-refractivity contribution in [3.05, 3.63) is 29.8 Å². The van der Waals surface area contributed by atoms with Crippen molar-refractivity contribution in [2.24, 2.45) is 11.7 Å². The highest BCUT2D eigenvalue weighted by molar-refractivity contribution is 5.85. The molecule has 1 aliphatic heterocycles. The van der Waals surface area contributed by atoms with Crippen molar-refractivity contribution in [3.63, 3.8) is 0 Å². The van der Waals surface area contributed by atoms with E-state index in [4.69, 9.17) is 10.5 Å². The minimum atomic E-state index is -0.164. The monoisotopic (exact) mass is 296 g/mol. The molecule has 1 fully saturated rings. The molecule has 0 radical (unpaired) electrons. The maximum atomic E-state index is 12.1. The second-order valence-electron chi connectivity index (χ2n) is 5.75. The van der Waals surface area contributed by atoms with E-state index >= 15 is 0 Å². The van der Waals surface area contributed by atoms with Crippen LogP contribution in [-0.4, -0.2) is 24.6 Å². The lowest BCUT2D eigenvalue weighted by Crippen LogP contribution is -2.56. The topological polar surface area (TPSA) is 64.3 Å². The summed E-state index contributed by atoms with van der Waals surface area (Å²) in [6, 6.07) is 7.90. The first-order chi connectivity index (χ1) is 9.16. The highest BCUT2D eigenvalue weighted by atomic mass is 35.5. The summed E-state index contributed by atoms with van der Waals surface area (Å²) < 4.78 is 5.64. The molecule has 20 heavy (non-hydrogen) atoms. The molecular formula is C15H21ClN2O2. The Kier molecular flexibility index (Phi) is 4.55. The second kappa shape index (κ2) is 6.02. The lowest BCUT2D eigenvalue weighted by atomic mass is 9.77. The number of nitrogens with two attached hydrogens (primary N) is 1. The first-order valence-corrected chi connectivity index (χ1v) is 6.94. The van der Waals surface area contributed by atoms with E-state index in [0.29, 0.717) is 13.2 Å². The van der Waals surface area contributed by atoms with Crippen LogP contribution in [0, 0.1) is 5.92 Å². The van der Waals surface area contributed by atoms with Gasteiger partial charge in [0.1, 0.15) is 12.4 Å². The molecule has 1 heterocycles. The standard InChI is InChI=1S/C15H20N2O2.ClH/c16-15(6-3-7-15)10-17-14(18)12-8-11-4-1-2-5-13(11)19-9-12;/h1-2,4-5,12H,3,6-10,16H2,(H,17,18);1H. The molecule has 3 rings (SSSR count). The number of benzene rings is 1. The molecular weight excluding hydrogens is 276 g/mol. The van der Waals surface area contributed by atoms with Crippen molar-refractivity contribution >= 4 is 18.3 Å². The lowest BCUT2D eigenvalue weighted by Gasteiger charge is -2.38. The van der Waals surface area contributed by atoms with Crippen LogP contribution in [0.2, 0.25) is 0 Å². The molecule has 0 bridgehead atoms. The Hall–Kier alpha value is -1.26. The van der Waals surface area contributed by atoms with Gasteiger partial charge in [-0.2, -0.15) is 0 Å². The Morgan fingerprint density at radius 3 is 2.85 bits per heavy atom. The van der Waals surface area contributed by atoms with E-state index in [1.807, 2.05) is 24.3 Å². The molecule has 4 nitrogen and oxygen atoms in total. The van der Waals surface area contributed by atoms with Crippen molar-refractivity contribution in [3.8, 4) is 5.75 Å². The normalized spacial score (nSPS) is 22.6. The summed E-state index contributed by atoms with van der Waals surface area (Å²) in [5, 5.41) is 2.98. The van der Waals surface area contributed by atoms with Crippen molar-refractivity contribution in [1.29, 1.82) is 0 Å². The molecule has 5 heteroatoms. The molecule has 0 aromatic heterocycles. The van der Waals surface area contributed by atoms with Gasteiger partial charge in [0.2, 0.25) is 5.91 Å². The summed E-state index contributed by atoms with van der Waals surface area (Å²) in [5.74, 6) is 0.866. The lowest BCUT2D eigenvalue weighted by molar-refractivity contribution is -0.126. The van der Waals surface area contributed by atoms with Crippen molar-refractivity contribution in [2.75, 3.05) is 13.2 Å². The average Bonchev–Trinajstić information content (AvgIpc) is 2.42. The third kappa shape index (κ3) is 3.07. The van der Waals surface area contributed by atoms with Crippen LogP contribution in [0.4, 0.5) is 0 Å². The van der Waals surface area contributed by atoms with Crippen LogP contribution in [0.1, 0.15) is 24.8 Å². The maximum Gasteiger partial charge on any atom is 0.226 e. The van der Waals surface area contributed by atoms with Gasteiger partial charge < -0.3 is 15.8 Å². The predicted molar refractivity (Wildman–Crippen MR) is 80.2 cm³/mol. The van der Waals surface area contributed by atoms with Crippen LogP contribution in [0.3, 0.4) is 0 Å². The Bertz CT molecular complexity index is 489. The zero-order valence-electron chi connectivity index (χ0n) is 11.4. The average molecular weight is 297 g/mol. The number of para-hydroxylation sites is 1. The summed E-state index contributed by atoms with van der Waals surface area (Å²) in [5.41, 5.74) is 7.06. The zero-order chi connectivity index (χ0) is 13.3. The number of nitrogens with one attached hydrogen (secondary N) is 1. The number of fused-ring (bicyclic) bond motifs is 1. The maximum absolute atomic E-state index is 12.1. The number of rotatable bonds is 3. The molecule has 1 aromatic carbocycles. The molecule has 1 aliphatic carbocycles. The smallest absolute Gasteiger partial charge is 0.226 e. The summed E-state index contributed by atoms with van der Waals surface area (Å²) in [7, 11) is 0. The van der Waals surface area contributed by atoms with Crippen LogP contribution in [0.5, 0.6) is 5.75 Å². The minimum Gasteiger partial charge on any atom is -0.492 e. The zero-order valence-corrected chi connectivity index (χ0v) is 12.2. The van der Waals surface area contributed by atoms with Crippen molar-refractivity contribution < 1.29 is 9.53 Å². The van der Waals surface area contributed by atoms with Gasteiger partial charge in [-0.1, -0.05) is 18.2 Å². The first kappa shape index (κ1) is 15.1. The molecule has 1 unspecified atom stereocenters. The molecule has 1 atom stereocenters. The third-order valence-electron chi connectivity index (χ3n) is 4.21. The van der Waals surface area contributed by atoms with Crippen LogP contribution in [0.15, 0.2) is 24.3 Å². The Balaban J connectivity index is 0.00000147. The molecule has 1 saturated carbocycles. The second-order valence-corrected chi connectivity index (χ2v) is 5.75. The Morgan fingerprint density at radius 1 is 1.40 bits per heavy atom. The highest BCUT2D eigenvalue weighted by Gasteiger charge is 2.34. The minimum absolute atomic E-state index is 0. The number of halogens is 1. The number of carbonyl (C=O) groups is 1. The number of ether oxygens (including phenoxy) is 1. The fraction of sp³-hybridized carbons (Fsp3) is 0.533. The SMILES string of the molecule is Cl.NC1(CNC(=O)C2COc3ccccc3C2)CCC1. The number of carbonyl (C=O) groups excluding carboxylic acids is 1. The Morgan fingerprint density at radius 2 is 2.15 bits per heavy atom. The molecule has 0 spiro atoms. The molecule has 1 amide bonds. The van der Waals surface area contributed by atoms with E-state index in [2.05, 4.69) is 5.32 Å². The van der Waals surface area contributed by atoms with E-state index in [9.17, 15) is 4.79 Å². The van der Waals surface area contributed by atoms with Gasteiger partial charge in [0, 0.05) is 12.1 Å². The van der Waals surface area contributed by atoms with E-state index in [1.165, 1.54) is 6.42 Å². The fourth-order valence-corrected chi connectivity index (χ4v) is 2.71. The van der Waals surface area contributed by atoms with Gasteiger partial charge in [-0.25, -0.2) is 0 Å². The quantitative estimate of drug-likeness (QED) is 0.891. The molecule has 1 aromatic rings. The molecule has 110 valence electrons. The van der Waals surface area contributed by atoms with Gasteiger partial charge in [0.05, 0.1) is 5.92 Å². The van der Waals surface area contributed by atoms with Gasteiger partial charge in [-0.3, -0.25) is 4.79 Å². The summed E-state index contributed by atoms with van der Waals surface area (Å²) >= 11 is 0. The van der Waals surface area contributed by atoms with Crippen molar-refractivity contribution in [2.45, 2.75) is 31.2 Å². The Labute approximate surface area is 125 Å². The van der Waals surface area contributed by atoms with Gasteiger partial charge in [0.25, 0.3) is 0 Å². The van der Waals surface area contributed by atoms with E-state index < -0.39 is 0 Å². The van der Waals surface area contributed by atoms with Gasteiger partial charge in [-0.15, -0.1) is 12.4 Å². The molecule has 3 N–H and O–H groups in total. The third-order valence-corrected chi connectivity index (χ3v) is 4.21. The van der Waals surface area contributed by atoms with Crippen LogP contribution in [-0.2, 0) is 11.2 Å². The number of hydrogen-bond acceptors (Lipinski definition) is 3. The molecule has 0 saturated heterocycles. The van der Waals surface area contributed by atoms with Crippen LogP contribution >= 0.6 is 12.4 Å². The number of amides is 1. The van der Waals surface area contributed by atoms with Crippen LogP contribution in [0.25, 0.3) is 0 Å². The van der Waals surface area contributed by atoms with Gasteiger partial charge in [0.15, 0.2) is 0 Å². The summed E-state index contributed by atoms with van der Waals surface area (Å²) in [6.07, 6.45) is 3.94. The highest BCUT2D eigenvalue weighted by Crippen LogP contribution is 2.29. The first-order valence-electron chi connectivity index (χ1n) is 6.94. The predicted octanol–water partition coefficient (Wildman–Crippen LogP) is 1.66. The van der Waals surface area contributed by atoms with Gasteiger partial charge >= 0.3 is 0 Å². The van der Waals surface area contributed by atoms with Gasteiger partial charge in [-0.05, 0) is 37.3 Å². The van der Waals surface area contributed by atoms with Crippen molar-refractivity contribution in [1.82, 2.24) is 5.32 Å². The number of hydrogen-bond donors (Lipinski definition) is 2. The van der Waals surface area contributed by atoms with E-state index in [-0.39, 0.29) is 29.8 Å². The largest absolute Gasteiger partial charge is 0.492 e.